The van der Waals surface area contributed by atoms with Gasteiger partial charge in [0.25, 0.3) is 0 Å². The zero-order chi connectivity index (χ0) is 13.8. The molecular formula is C16H34Sn2. The predicted octanol–water partition coefficient (Wildman–Crippen LogP) is 6.17. The van der Waals surface area contributed by atoms with Crippen LogP contribution in [0.25, 0.3) is 0 Å². The molecule has 18 heavy (non-hydrogen) atoms. The van der Waals surface area contributed by atoms with Crippen molar-refractivity contribution >= 4 is 36.8 Å². The van der Waals surface area contributed by atoms with Crippen molar-refractivity contribution in [3.05, 3.63) is 7.18 Å². The molecule has 0 aliphatic heterocycles. The second-order valence-electron chi connectivity index (χ2n) is 8.08. The first-order valence-corrected chi connectivity index (χ1v) is 27.9. The SMILES string of the molecule is [CH3][Sn]([CH3])([CH3])/[C]1=[C](\[Sn]([CH3])([CH3])[CH3])CCCCCCCC1. The monoisotopic (exact) mass is 466 g/mol. The third-order valence-corrected chi connectivity index (χ3v) is 19.8. The van der Waals surface area contributed by atoms with E-state index < -0.39 is 36.8 Å². The van der Waals surface area contributed by atoms with Crippen LogP contribution in [0.3, 0.4) is 0 Å². The fourth-order valence-electron chi connectivity index (χ4n) is 3.27. The Morgan fingerprint density at radius 2 is 0.778 bits per heavy atom. The van der Waals surface area contributed by atoms with Crippen LogP contribution in [0, 0.1) is 0 Å². The minimum atomic E-state index is -1.85. The average molecular weight is 464 g/mol. The van der Waals surface area contributed by atoms with Crippen LogP contribution in [0.4, 0.5) is 0 Å². The Balaban J connectivity index is 3.08. The first kappa shape index (κ1) is 17.4. The zero-order valence-corrected chi connectivity index (χ0v) is 19.4. The molecule has 0 aromatic rings. The Bertz CT molecular complexity index is 259. The second kappa shape index (κ2) is 7.38. The van der Waals surface area contributed by atoms with Crippen molar-refractivity contribution in [3.63, 3.8) is 0 Å². The van der Waals surface area contributed by atoms with Gasteiger partial charge < -0.3 is 0 Å². The number of hydrogen-bond acceptors (Lipinski definition) is 0. The van der Waals surface area contributed by atoms with E-state index in [2.05, 4.69) is 36.8 Å². The van der Waals surface area contributed by atoms with Gasteiger partial charge in [0, 0.05) is 0 Å². The van der Waals surface area contributed by atoms with Gasteiger partial charge in [0.15, 0.2) is 0 Å². The molecule has 0 bridgehead atoms. The summed E-state index contributed by atoms with van der Waals surface area (Å²) in [6.07, 6.45) is 11.9. The van der Waals surface area contributed by atoms with Crippen LogP contribution in [-0.4, -0.2) is 36.8 Å². The second-order valence-corrected chi connectivity index (χ2v) is 37.2. The third kappa shape index (κ3) is 5.76. The molecule has 0 radical (unpaired) electrons. The molecule has 0 saturated heterocycles. The standard InChI is InChI=1S/C10H16.6CH3.2Sn/c1-2-4-6-8-10-9-7-5-3-1;;;;;;;;/h1-8H2;6*1H3;;. The van der Waals surface area contributed by atoms with E-state index in [-0.39, 0.29) is 0 Å². The van der Waals surface area contributed by atoms with Crippen molar-refractivity contribution in [1.29, 1.82) is 0 Å². The van der Waals surface area contributed by atoms with E-state index in [0.717, 1.165) is 0 Å². The molecule has 0 aromatic heterocycles. The fourth-order valence-corrected chi connectivity index (χ4v) is 28.8. The van der Waals surface area contributed by atoms with Crippen molar-refractivity contribution in [3.8, 4) is 0 Å². The van der Waals surface area contributed by atoms with E-state index >= 15 is 0 Å². The van der Waals surface area contributed by atoms with Gasteiger partial charge in [-0.1, -0.05) is 0 Å². The maximum atomic E-state index is 2.65. The summed E-state index contributed by atoms with van der Waals surface area (Å²) >= 11 is -3.71. The van der Waals surface area contributed by atoms with Crippen molar-refractivity contribution in [1.82, 2.24) is 0 Å². The van der Waals surface area contributed by atoms with E-state index in [1.165, 1.54) is 51.4 Å². The molecule has 0 heterocycles. The van der Waals surface area contributed by atoms with Crippen LogP contribution in [-0.2, 0) is 0 Å². The van der Waals surface area contributed by atoms with Crippen LogP contribution in [0.2, 0.25) is 29.6 Å². The van der Waals surface area contributed by atoms with Gasteiger partial charge in [-0.25, -0.2) is 0 Å². The first-order chi connectivity index (χ1) is 8.23. The maximum absolute atomic E-state index is 2.65. The topological polar surface area (TPSA) is 0 Å². The molecule has 106 valence electrons. The summed E-state index contributed by atoms with van der Waals surface area (Å²) in [5.41, 5.74) is 0. The van der Waals surface area contributed by atoms with Gasteiger partial charge >= 0.3 is 125 Å². The molecule has 0 atom stereocenters. The summed E-state index contributed by atoms with van der Waals surface area (Å²) in [5.74, 6) is 0. The molecule has 0 amide bonds. The van der Waals surface area contributed by atoms with Gasteiger partial charge in [0.1, 0.15) is 0 Å². The molecule has 0 fully saturated rings. The fraction of sp³-hybridized carbons (Fsp3) is 0.875. The average Bonchev–Trinajstić information content (AvgIpc) is 2.22. The predicted molar refractivity (Wildman–Crippen MR) is 90.7 cm³/mol. The molecule has 0 aromatic carbocycles. The Hall–Kier alpha value is 1.34. The van der Waals surface area contributed by atoms with Gasteiger partial charge in [0.2, 0.25) is 0 Å². The molecule has 0 nitrogen and oxygen atoms in total. The quantitative estimate of drug-likeness (QED) is 0.429. The van der Waals surface area contributed by atoms with Crippen molar-refractivity contribution in [2.24, 2.45) is 0 Å². The molecule has 1 aliphatic carbocycles. The van der Waals surface area contributed by atoms with Crippen LogP contribution in [0.1, 0.15) is 51.4 Å². The molecule has 0 spiro atoms. The molecule has 1 rings (SSSR count). The molecule has 1 aliphatic rings. The van der Waals surface area contributed by atoms with E-state index in [9.17, 15) is 0 Å². The zero-order valence-electron chi connectivity index (χ0n) is 13.7. The number of rotatable bonds is 2. The Morgan fingerprint density at radius 1 is 0.500 bits per heavy atom. The first-order valence-electron chi connectivity index (χ1n) is 7.96. The van der Waals surface area contributed by atoms with Crippen molar-refractivity contribution in [2.75, 3.05) is 0 Å². The molecule has 2 heteroatoms. The minimum absolute atomic E-state index is 1.48. The third-order valence-electron chi connectivity index (χ3n) is 4.28. The molecule has 0 unspecified atom stereocenters. The van der Waals surface area contributed by atoms with E-state index in [0.29, 0.717) is 0 Å². The summed E-state index contributed by atoms with van der Waals surface area (Å²) < 4.78 is 4.13. The van der Waals surface area contributed by atoms with Crippen LogP contribution in [0.5, 0.6) is 0 Å². The summed E-state index contributed by atoms with van der Waals surface area (Å²) in [5, 5.41) is 0. The van der Waals surface area contributed by atoms with E-state index in [1.807, 2.05) is 0 Å². The van der Waals surface area contributed by atoms with Crippen molar-refractivity contribution < 1.29 is 0 Å². The Kier molecular flexibility index (Phi) is 7.13. The Labute approximate surface area is 124 Å². The summed E-state index contributed by atoms with van der Waals surface area (Å²) in [6, 6.07) is 0. The van der Waals surface area contributed by atoms with Crippen LogP contribution >= 0.6 is 0 Å². The number of allylic oxidation sites excluding steroid dienone is 2. The summed E-state index contributed by atoms with van der Waals surface area (Å²) in [6.45, 7) is 0. The number of hydrogen-bond donors (Lipinski definition) is 0. The van der Waals surface area contributed by atoms with Gasteiger partial charge in [0.05, 0.1) is 0 Å². The van der Waals surface area contributed by atoms with Crippen molar-refractivity contribution in [2.45, 2.75) is 81.0 Å². The van der Waals surface area contributed by atoms with Gasteiger partial charge in [-0.05, 0) is 0 Å². The molecular weight excluding hydrogens is 430 g/mol. The summed E-state index contributed by atoms with van der Waals surface area (Å²) in [4.78, 5) is 15.9. The van der Waals surface area contributed by atoms with Gasteiger partial charge in [-0.2, -0.15) is 0 Å². The normalized spacial score (nSPS) is 25.0. The van der Waals surface area contributed by atoms with Gasteiger partial charge in [-0.3, -0.25) is 0 Å². The van der Waals surface area contributed by atoms with Crippen LogP contribution in [0.15, 0.2) is 7.18 Å². The Morgan fingerprint density at radius 3 is 1.06 bits per heavy atom. The van der Waals surface area contributed by atoms with E-state index in [4.69, 9.17) is 0 Å². The van der Waals surface area contributed by atoms with Crippen LogP contribution < -0.4 is 0 Å². The molecule has 0 N–H and O–H groups in total. The van der Waals surface area contributed by atoms with Gasteiger partial charge in [-0.15, -0.1) is 0 Å². The van der Waals surface area contributed by atoms with E-state index in [1.54, 1.807) is 0 Å². The summed E-state index contributed by atoms with van der Waals surface area (Å²) in [7, 11) is 0. The molecule has 0 saturated carbocycles.